The van der Waals surface area contributed by atoms with E-state index in [1.807, 2.05) is 50.2 Å². The number of likely N-dealkylation sites (N-methyl/N-ethyl adjacent to an activating group) is 1. The number of carbonyl (C=O) groups is 1. The Balaban J connectivity index is 1.71. The van der Waals surface area contributed by atoms with Crippen molar-refractivity contribution in [1.29, 1.82) is 0 Å². The molecule has 2 heterocycles. The van der Waals surface area contributed by atoms with Gasteiger partial charge in [-0.1, -0.05) is 30.3 Å². The highest BCUT2D eigenvalue weighted by atomic mass is 16.3. The van der Waals surface area contributed by atoms with Gasteiger partial charge < -0.3 is 4.42 Å². The summed E-state index contributed by atoms with van der Waals surface area (Å²) in [5.41, 5.74) is 2.51. The van der Waals surface area contributed by atoms with Crippen molar-refractivity contribution in [1.82, 2.24) is 10.2 Å². The van der Waals surface area contributed by atoms with Crippen molar-refractivity contribution in [2.75, 3.05) is 11.4 Å². The van der Waals surface area contributed by atoms with Gasteiger partial charge in [0.25, 0.3) is 0 Å². The van der Waals surface area contributed by atoms with E-state index < -0.39 is 0 Å². The summed E-state index contributed by atoms with van der Waals surface area (Å²) < 4.78 is 5.69. The number of hydrogen-bond donors (Lipinski definition) is 0. The van der Waals surface area contributed by atoms with Crippen LogP contribution in [0.1, 0.15) is 18.2 Å². The highest BCUT2D eigenvalue weighted by Crippen LogP contribution is 2.30. The number of fused-ring (bicyclic) bond motifs is 3. The fraction of sp³-hybridized carbons (Fsp3) is 0.190. The molecule has 0 saturated heterocycles. The Kier molecular flexibility index (Phi) is 4.13. The Morgan fingerprint density at radius 2 is 1.92 bits per heavy atom. The van der Waals surface area contributed by atoms with Gasteiger partial charge in [-0.05, 0) is 42.8 Å². The maximum absolute atomic E-state index is 12.9. The van der Waals surface area contributed by atoms with Crippen molar-refractivity contribution >= 4 is 33.5 Å². The van der Waals surface area contributed by atoms with Crippen molar-refractivity contribution in [3.63, 3.8) is 0 Å². The van der Waals surface area contributed by atoms with E-state index >= 15 is 0 Å². The predicted octanol–water partition coefficient (Wildman–Crippen LogP) is 4.28. The Morgan fingerprint density at radius 3 is 2.69 bits per heavy atom. The number of aryl methyl sites for hydroxylation is 1. The van der Waals surface area contributed by atoms with Crippen molar-refractivity contribution in [3.8, 4) is 0 Å². The fourth-order valence-electron chi connectivity index (χ4n) is 3.26. The third-order valence-electron chi connectivity index (χ3n) is 4.56. The number of rotatable bonds is 4. The van der Waals surface area contributed by atoms with Crippen LogP contribution in [0.15, 0.2) is 59.2 Å². The maximum atomic E-state index is 12.9. The van der Waals surface area contributed by atoms with Crippen LogP contribution in [-0.4, -0.2) is 22.6 Å². The molecule has 0 unspecified atom stereocenters. The molecule has 1 amide bonds. The molecule has 0 aliphatic carbocycles. The smallest absolute Gasteiger partial charge is 0.232 e. The topological polar surface area (TPSA) is 59.2 Å². The first-order valence-corrected chi connectivity index (χ1v) is 8.66. The van der Waals surface area contributed by atoms with Crippen LogP contribution in [0.4, 0.5) is 5.82 Å². The van der Waals surface area contributed by atoms with Gasteiger partial charge in [0.15, 0.2) is 5.82 Å². The van der Waals surface area contributed by atoms with Crippen LogP contribution in [0.25, 0.3) is 21.7 Å². The minimum absolute atomic E-state index is 0.0266. The highest BCUT2D eigenvalue weighted by molar-refractivity contribution is 6.09. The standard InChI is InChI=1S/C21H19N3O2/c1-3-24(19-11-8-14(2)22-23-19)20(25)12-16-13-26-18-10-9-15-6-4-5-7-17(15)21(16)18/h4-11,13H,3,12H2,1-2H3. The van der Waals surface area contributed by atoms with E-state index in [0.717, 1.165) is 33.0 Å². The van der Waals surface area contributed by atoms with Gasteiger partial charge in [-0.2, -0.15) is 5.10 Å². The van der Waals surface area contributed by atoms with Gasteiger partial charge >= 0.3 is 0 Å². The summed E-state index contributed by atoms with van der Waals surface area (Å²) in [5.74, 6) is 0.544. The van der Waals surface area contributed by atoms with E-state index in [-0.39, 0.29) is 12.3 Å². The van der Waals surface area contributed by atoms with Gasteiger partial charge in [-0.3, -0.25) is 9.69 Å². The molecule has 0 fully saturated rings. The second kappa shape index (κ2) is 6.59. The van der Waals surface area contributed by atoms with Crippen LogP contribution >= 0.6 is 0 Å². The lowest BCUT2D eigenvalue weighted by Crippen LogP contribution is -2.32. The minimum atomic E-state index is -0.0266. The quantitative estimate of drug-likeness (QED) is 0.554. The van der Waals surface area contributed by atoms with E-state index in [2.05, 4.69) is 22.3 Å². The van der Waals surface area contributed by atoms with Crippen LogP contribution in [0, 0.1) is 6.92 Å². The average Bonchev–Trinajstić information content (AvgIpc) is 3.07. The van der Waals surface area contributed by atoms with Gasteiger partial charge in [0.2, 0.25) is 5.91 Å². The molecule has 0 N–H and O–H groups in total. The molecule has 2 aromatic carbocycles. The molecule has 26 heavy (non-hydrogen) atoms. The summed E-state index contributed by atoms with van der Waals surface area (Å²) in [7, 11) is 0. The molecule has 0 aliphatic rings. The van der Waals surface area contributed by atoms with E-state index in [4.69, 9.17) is 4.42 Å². The van der Waals surface area contributed by atoms with Crippen molar-refractivity contribution in [2.24, 2.45) is 0 Å². The SMILES string of the molecule is CCN(C(=O)Cc1coc2ccc3ccccc3c12)c1ccc(C)nn1. The van der Waals surface area contributed by atoms with E-state index in [1.54, 1.807) is 11.2 Å². The number of carbonyl (C=O) groups excluding carboxylic acids is 1. The zero-order chi connectivity index (χ0) is 18.1. The van der Waals surface area contributed by atoms with Crippen molar-refractivity contribution < 1.29 is 9.21 Å². The first-order chi connectivity index (χ1) is 12.7. The maximum Gasteiger partial charge on any atom is 0.232 e. The summed E-state index contributed by atoms with van der Waals surface area (Å²) in [6.45, 7) is 4.34. The predicted molar refractivity (Wildman–Crippen MR) is 102 cm³/mol. The van der Waals surface area contributed by atoms with E-state index in [0.29, 0.717) is 12.4 Å². The molecular weight excluding hydrogens is 326 g/mol. The molecule has 130 valence electrons. The molecule has 0 aliphatic heterocycles. The molecule has 4 aromatic rings. The Morgan fingerprint density at radius 1 is 1.08 bits per heavy atom. The van der Waals surface area contributed by atoms with Gasteiger partial charge in [0.1, 0.15) is 5.58 Å². The van der Waals surface area contributed by atoms with Crippen molar-refractivity contribution in [2.45, 2.75) is 20.3 Å². The van der Waals surface area contributed by atoms with Crippen LogP contribution in [-0.2, 0) is 11.2 Å². The number of benzene rings is 2. The van der Waals surface area contributed by atoms with Crippen molar-refractivity contribution in [3.05, 3.63) is 66.1 Å². The monoisotopic (exact) mass is 345 g/mol. The number of nitrogens with zero attached hydrogens (tertiary/aromatic N) is 3. The molecule has 0 radical (unpaired) electrons. The summed E-state index contributed by atoms with van der Waals surface area (Å²) >= 11 is 0. The Bertz CT molecular complexity index is 1080. The molecule has 0 bridgehead atoms. The number of furan rings is 1. The number of amides is 1. The van der Waals surface area contributed by atoms with Gasteiger partial charge in [0, 0.05) is 17.5 Å². The average molecular weight is 345 g/mol. The third kappa shape index (κ3) is 2.81. The molecule has 4 rings (SSSR count). The lowest BCUT2D eigenvalue weighted by atomic mass is 10.0. The number of anilines is 1. The van der Waals surface area contributed by atoms with Crippen LogP contribution in [0.5, 0.6) is 0 Å². The highest BCUT2D eigenvalue weighted by Gasteiger charge is 2.19. The summed E-state index contributed by atoms with van der Waals surface area (Å²) in [5, 5.41) is 11.4. The lowest BCUT2D eigenvalue weighted by molar-refractivity contribution is -0.118. The van der Waals surface area contributed by atoms with Gasteiger partial charge in [-0.15, -0.1) is 5.10 Å². The largest absolute Gasteiger partial charge is 0.464 e. The first-order valence-electron chi connectivity index (χ1n) is 8.66. The van der Waals surface area contributed by atoms with E-state index in [1.165, 1.54) is 0 Å². The normalized spacial score (nSPS) is 11.2. The zero-order valence-electron chi connectivity index (χ0n) is 14.8. The number of hydrogen-bond acceptors (Lipinski definition) is 4. The van der Waals surface area contributed by atoms with Crippen LogP contribution < -0.4 is 4.90 Å². The van der Waals surface area contributed by atoms with Crippen LogP contribution in [0.2, 0.25) is 0 Å². The molecule has 0 spiro atoms. The minimum Gasteiger partial charge on any atom is -0.464 e. The second-order valence-corrected chi connectivity index (χ2v) is 6.27. The van der Waals surface area contributed by atoms with Gasteiger partial charge in [0.05, 0.1) is 18.4 Å². The molecule has 0 atom stereocenters. The summed E-state index contributed by atoms with van der Waals surface area (Å²) in [6.07, 6.45) is 1.94. The van der Waals surface area contributed by atoms with Crippen LogP contribution in [0.3, 0.4) is 0 Å². The lowest BCUT2D eigenvalue weighted by Gasteiger charge is -2.19. The summed E-state index contributed by atoms with van der Waals surface area (Å²) in [6, 6.07) is 15.8. The van der Waals surface area contributed by atoms with E-state index in [9.17, 15) is 4.79 Å². The molecule has 0 saturated carbocycles. The second-order valence-electron chi connectivity index (χ2n) is 6.27. The molecule has 2 aromatic heterocycles. The number of aromatic nitrogens is 2. The zero-order valence-corrected chi connectivity index (χ0v) is 14.8. The molecular formula is C21H19N3O2. The first kappa shape index (κ1) is 16.3. The molecule has 5 nitrogen and oxygen atoms in total. The Labute approximate surface area is 151 Å². The molecule has 5 heteroatoms. The Hall–Kier alpha value is -3.21. The summed E-state index contributed by atoms with van der Waals surface area (Å²) in [4.78, 5) is 14.6. The van der Waals surface area contributed by atoms with Gasteiger partial charge in [-0.25, -0.2) is 0 Å². The fourth-order valence-corrected chi connectivity index (χ4v) is 3.26. The third-order valence-corrected chi connectivity index (χ3v) is 4.56.